The van der Waals surface area contributed by atoms with Gasteiger partial charge < -0.3 is 4.74 Å². The minimum atomic E-state index is -4.47. The topological polar surface area (TPSA) is 29.5 Å². The van der Waals surface area contributed by atoms with Crippen molar-refractivity contribution >= 4 is 5.97 Å². The van der Waals surface area contributed by atoms with Crippen LogP contribution in [0.2, 0.25) is 0 Å². The van der Waals surface area contributed by atoms with Gasteiger partial charge in [0.05, 0.1) is 25.0 Å². The fourth-order valence-corrected chi connectivity index (χ4v) is 6.08. The van der Waals surface area contributed by atoms with E-state index in [-0.39, 0.29) is 25.3 Å². The summed E-state index contributed by atoms with van der Waals surface area (Å²) in [5.74, 6) is -1.32. The van der Waals surface area contributed by atoms with E-state index in [1.807, 2.05) is 18.2 Å². The Morgan fingerprint density at radius 3 is 2.13 bits per heavy atom. The molecule has 4 rings (SSSR count). The van der Waals surface area contributed by atoms with Gasteiger partial charge in [0, 0.05) is 6.04 Å². The third kappa shape index (κ3) is 7.56. The first-order valence-corrected chi connectivity index (χ1v) is 13.6. The molecule has 9 heteroatoms. The number of carbonyl (C=O) groups is 1. The van der Waals surface area contributed by atoms with E-state index < -0.39 is 29.8 Å². The predicted octanol–water partition coefficient (Wildman–Crippen LogP) is 8.37. The van der Waals surface area contributed by atoms with E-state index in [2.05, 4.69) is 4.90 Å². The molecule has 1 aliphatic heterocycles. The lowest BCUT2D eigenvalue weighted by Crippen LogP contribution is -2.41. The Labute approximate surface area is 225 Å². The number of halogens is 6. The normalized spacial score (nSPS) is 19.2. The third-order valence-electron chi connectivity index (χ3n) is 8.29. The quantitative estimate of drug-likeness (QED) is 0.254. The van der Waals surface area contributed by atoms with Crippen molar-refractivity contribution in [2.24, 2.45) is 11.8 Å². The van der Waals surface area contributed by atoms with Crippen molar-refractivity contribution in [3.05, 3.63) is 59.2 Å². The molecule has 2 aromatic carbocycles. The van der Waals surface area contributed by atoms with E-state index >= 15 is 0 Å². The largest absolute Gasteiger partial charge is 0.469 e. The molecule has 1 aliphatic carbocycles. The number of rotatable bonds is 7. The standard InChI is InChI=1S/C30H35F6NO2/c1-39-28(38)19-21-7-12-25(26(17-21)22-8-10-23(11-9-22)29(31,32)33)27(18-20-5-3-2-4-6-20)37-15-13-24(14-16-37)30(34,35)36/h7-12,17,20,24,27H,2-6,13-16,18-19H2,1H3. The molecule has 2 aliphatic rings. The maximum Gasteiger partial charge on any atom is 0.416 e. The Morgan fingerprint density at radius 1 is 0.923 bits per heavy atom. The lowest BCUT2D eigenvalue weighted by atomic mass is 9.80. The lowest BCUT2D eigenvalue weighted by molar-refractivity contribution is -0.186. The SMILES string of the molecule is COC(=O)Cc1ccc(C(CC2CCCCC2)N2CCC(C(F)(F)F)CC2)c(-c2ccc(C(F)(F)F)cc2)c1. The summed E-state index contributed by atoms with van der Waals surface area (Å²) in [6.45, 7) is 0.607. The summed E-state index contributed by atoms with van der Waals surface area (Å²) in [6, 6.07) is 10.3. The van der Waals surface area contributed by atoms with Crippen molar-refractivity contribution in [3.8, 4) is 11.1 Å². The van der Waals surface area contributed by atoms with Gasteiger partial charge in [0.15, 0.2) is 0 Å². The number of likely N-dealkylation sites (tertiary alicyclic amines) is 1. The van der Waals surface area contributed by atoms with Crippen LogP contribution < -0.4 is 0 Å². The van der Waals surface area contributed by atoms with Crippen molar-refractivity contribution in [2.75, 3.05) is 20.2 Å². The van der Waals surface area contributed by atoms with E-state index in [0.717, 1.165) is 49.8 Å². The lowest BCUT2D eigenvalue weighted by Gasteiger charge is -2.41. The zero-order valence-electron chi connectivity index (χ0n) is 22.1. The number of nitrogens with zero attached hydrogens (tertiary/aromatic N) is 1. The van der Waals surface area contributed by atoms with Crippen molar-refractivity contribution in [2.45, 2.75) is 76.2 Å². The highest BCUT2D eigenvalue weighted by Gasteiger charge is 2.42. The zero-order valence-corrected chi connectivity index (χ0v) is 22.1. The summed E-state index contributed by atoms with van der Waals surface area (Å²) >= 11 is 0. The Hall–Kier alpha value is -2.55. The molecule has 2 aromatic rings. The van der Waals surface area contributed by atoms with Crippen molar-refractivity contribution in [1.29, 1.82) is 0 Å². The van der Waals surface area contributed by atoms with Gasteiger partial charge in [-0.1, -0.05) is 62.4 Å². The second-order valence-electron chi connectivity index (χ2n) is 10.9. The molecule has 1 atom stereocenters. The van der Waals surface area contributed by atoms with E-state index in [1.54, 1.807) is 0 Å². The highest BCUT2D eigenvalue weighted by atomic mass is 19.4. The molecule has 3 nitrogen and oxygen atoms in total. The second-order valence-corrected chi connectivity index (χ2v) is 10.9. The van der Waals surface area contributed by atoms with Crippen LogP contribution in [-0.4, -0.2) is 37.2 Å². The van der Waals surface area contributed by atoms with Gasteiger partial charge >= 0.3 is 18.3 Å². The first-order valence-electron chi connectivity index (χ1n) is 13.6. The molecule has 0 N–H and O–H groups in total. The molecule has 0 aromatic heterocycles. The Bertz CT molecular complexity index is 1100. The highest BCUT2D eigenvalue weighted by molar-refractivity contribution is 5.75. The van der Waals surface area contributed by atoms with Gasteiger partial charge in [-0.05, 0) is 72.7 Å². The van der Waals surface area contributed by atoms with Crippen LogP contribution in [0.5, 0.6) is 0 Å². The van der Waals surface area contributed by atoms with Crippen molar-refractivity contribution in [1.82, 2.24) is 4.90 Å². The fraction of sp³-hybridized carbons (Fsp3) is 0.567. The second kappa shape index (κ2) is 12.3. The van der Waals surface area contributed by atoms with Gasteiger partial charge in [-0.3, -0.25) is 9.69 Å². The molecule has 39 heavy (non-hydrogen) atoms. The Morgan fingerprint density at radius 2 is 1.56 bits per heavy atom. The molecule has 1 saturated heterocycles. The highest BCUT2D eigenvalue weighted by Crippen LogP contribution is 2.43. The summed E-state index contributed by atoms with van der Waals surface area (Å²) in [7, 11) is 1.29. The van der Waals surface area contributed by atoms with Crippen LogP contribution >= 0.6 is 0 Å². The van der Waals surface area contributed by atoms with Gasteiger partial charge in [0.2, 0.25) is 0 Å². The summed E-state index contributed by atoms with van der Waals surface area (Å²) in [5.41, 5.74) is 2.05. The van der Waals surface area contributed by atoms with E-state index in [1.165, 1.54) is 25.7 Å². The number of hydrogen-bond donors (Lipinski definition) is 0. The minimum Gasteiger partial charge on any atom is -0.469 e. The molecular weight excluding hydrogens is 520 g/mol. The van der Waals surface area contributed by atoms with E-state index in [9.17, 15) is 31.1 Å². The molecule has 2 fully saturated rings. The first kappa shape index (κ1) is 29.4. The van der Waals surface area contributed by atoms with Crippen molar-refractivity contribution < 1.29 is 35.9 Å². The van der Waals surface area contributed by atoms with E-state index in [0.29, 0.717) is 35.7 Å². The number of methoxy groups -OCH3 is 1. The summed E-state index contributed by atoms with van der Waals surface area (Å²) in [5, 5.41) is 0. The summed E-state index contributed by atoms with van der Waals surface area (Å²) in [6.07, 6.45) is -2.30. The molecule has 0 amide bonds. The number of benzene rings is 2. The van der Waals surface area contributed by atoms with Gasteiger partial charge in [0.25, 0.3) is 0 Å². The average molecular weight is 556 g/mol. The van der Waals surface area contributed by atoms with Gasteiger partial charge in [-0.2, -0.15) is 26.3 Å². The van der Waals surface area contributed by atoms with Gasteiger partial charge in [-0.25, -0.2) is 0 Å². The Balaban J connectivity index is 1.73. The summed E-state index contributed by atoms with van der Waals surface area (Å²) in [4.78, 5) is 14.1. The van der Waals surface area contributed by atoms with E-state index in [4.69, 9.17) is 4.74 Å². The molecule has 214 valence electrons. The van der Waals surface area contributed by atoms with Crippen LogP contribution in [-0.2, 0) is 22.1 Å². The van der Waals surface area contributed by atoms with Crippen LogP contribution in [0.25, 0.3) is 11.1 Å². The molecule has 0 bridgehead atoms. The fourth-order valence-electron chi connectivity index (χ4n) is 6.08. The molecule has 0 spiro atoms. The first-order chi connectivity index (χ1) is 18.5. The zero-order chi connectivity index (χ0) is 28.2. The maximum absolute atomic E-state index is 13.4. The monoisotopic (exact) mass is 555 g/mol. The maximum atomic E-state index is 13.4. The Kier molecular flexibility index (Phi) is 9.29. The smallest absolute Gasteiger partial charge is 0.416 e. The number of esters is 1. The molecule has 0 radical (unpaired) electrons. The minimum absolute atomic E-state index is 0.00861. The van der Waals surface area contributed by atoms with Crippen LogP contribution in [0.15, 0.2) is 42.5 Å². The average Bonchev–Trinajstić information content (AvgIpc) is 2.91. The number of carbonyl (C=O) groups excluding carboxylic acids is 1. The molecule has 1 saturated carbocycles. The van der Waals surface area contributed by atoms with Crippen molar-refractivity contribution in [3.63, 3.8) is 0 Å². The molecule has 1 heterocycles. The number of hydrogen-bond acceptors (Lipinski definition) is 3. The molecule has 1 unspecified atom stereocenters. The molecular formula is C30H35F6NO2. The number of alkyl halides is 6. The third-order valence-corrected chi connectivity index (χ3v) is 8.29. The predicted molar refractivity (Wildman–Crippen MR) is 137 cm³/mol. The van der Waals surface area contributed by atoms with Gasteiger partial charge in [-0.15, -0.1) is 0 Å². The van der Waals surface area contributed by atoms with Crippen LogP contribution in [0.4, 0.5) is 26.3 Å². The van der Waals surface area contributed by atoms with Crippen LogP contribution in [0.1, 0.15) is 74.1 Å². The van der Waals surface area contributed by atoms with Crippen LogP contribution in [0, 0.1) is 11.8 Å². The number of ether oxygens (including phenoxy) is 1. The van der Waals surface area contributed by atoms with Crippen LogP contribution in [0.3, 0.4) is 0 Å². The summed E-state index contributed by atoms with van der Waals surface area (Å²) < 4.78 is 84.8. The van der Waals surface area contributed by atoms with Gasteiger partial charge in [0.1, 0.15) is 0 Å². The number of piperidine rings is 1.